The molecule has 0 aliphatic heterocycles. The van der Waals surface area contributed by atoms with Crippen LogP contribution in [0.3, 0.4) is 0 Å². The molecule has 2 rings (SSSR count). The third-order valence-corrected chi connectivity index (χ3v) is 2.88. The predicted molar refractivity (Wildman–Crippen MR) is 63.9 cm³/mol. The molecule has 0 radical (unpaired) electrons. The summed E-state index contributed by atoms with van der Waals surface area (Å²) < 4.78 is 39.4. The summed E-state index contributed by atoms with van der Waals surface area (Å²) in [4.78, 5) is 0. The Morgan fingerprint density at radius 1 is 1.32 bits per heavy atom. The van der Waals surface area contributed by atoms with Crippen LogP contribution in [0.2, 0.25) is 0 Å². The Bertz CT molecular complexity index is 576. The molecule has 0 amide bonds. The molecular formula is C13H13F3N2O. The van der Waals surface area contributed by atoms with Crippen LogP contribution in [0.25, 0.3) is 5.69 Å². The Hall–Kier alpha value is -1.82. The number of aliphatic hydroxyl groups is 1. The minimum absolute atomic E-state index is 0.178. The van der Waals surface area contributed by atoms with Crippen molar-refractivity contribution >= 4 is 0 Å². The van der Waals surface area contributed by atoms with E-state index >= 15 is 0 Å². The lowest BCUT2D eigenvalue weighted by atomic mass is 10.1. The van der Waals surface area contributed by atoms with Gasteiger partial charge in [0.25, 0.3) is 0 Å². The van der Waals surface area contributed by atoms with Crippen LogP contribution in [0, 0.1) is 0 Å². The van der Waals surface area contributed by atoms with Crippen molar-refractivity contribution < 1.29 is 18.3 Å². The van der Waals surface area contributed by atoms with E-state index in [-0.39, 0.29) is 6.61 Å². The second kappa shape index (κ2) is 5.05. The van der Waals surface area contributed by atoms with Crippen LogP contribution in [0.15, 0.2) is 30.5 Å². The molecule has 2 aromatic rings. The first-order valence-electron chi connectivity index (χ1n) is 5.81. The molecule has 0 aliphatic carbocycles. The number of nitrogens with zero attached hydrogens (tertiary/aromatic N) is 2. The molecule has 19 heavy (non-hydrogen) atoms. The molecule has 102 valence electrons. The molecule has 6 heteroatoms. The number of aromatic nitrogens is 2. The van der Waals surface area contributed by atoms with Crippen molar-refractivity contribution in [3.63, 3.8) is 0 Å². The third kappa shape index (κ3) is 2.63. The van der Waals surface area contributed by atoms with Gasteiger partial charge in [-0.3, -0.25) is 0 Å². The van der Waals surface area contributed by atoms with Crippen molar-refractivity contribution in [1.82, 2.24) is 9.78 Å². The Morgan fingerprint density at radius 3 is 2.63 bits per heavy atom. The average molecular weight is 270 g/mol. The summed E-state index contributed by atoms with van der Waals surface area (Å²) >= 11 is 0. The molecule has 0 bridgehead atoms. The Kier molecular flexibility index (Phi) is 3.61. The third-order valence-electron chi connectivity index (χ3n) is 2.88. The van der Waals surface area contributed by atoms with Gasteiger partial charge in [-0.25, -0.2) is 4.68 Å². The van der Waals surface area contributed by atoms with Crippen LogP contribution in [-0.2, 0) is 19.2 Å². The van der Waals surface area contributed by atoms with E-state index in [4.69, 9.17) is 5.11 Å². The smallest absolute Gasteiger partial charge is 0.392 e. The Morgan fingerprint density at radius 2 is 2.05 bits per heavy atom. The summed E-state index contributed by atoms with van der Waals surface area (Å²) in [6.45, 7) is 1.68. The average Bonchev–Trinajstić information content (AvgIpc) is 2.80. The highest BCUT2D eigenvalue weighted by atomic mass is 19.4. The molecule has 0 saturated carbocycles. The second-order valence-electron chi connectivity index (χ2n) is 4.09. The monoisotopic (exact) mass is 270 g/mol. The first-order chi connectivity index (χ1) is 8.97. The molecule has 0 saturated heterocycles. The number of rotatable bonds is 3. The van der Waals surface area contributed by atoms with Crippen LogP contribution in [-0.4, -0.2) is 14.9 Å². The number of halogens is 3. The zero-order valence-corrected chi connectivity index (χ0v) is 10.3. The second-order valence-corrected chi connectivity index (χ2v) is 4.09. The van der Waals surface area contributed by atoms with Gasteiger partial charge in [-0.2, -0.15) is 18.3 Å². The highest BCUT2D eigenvalue weighted by Gasteiger charge is 2.30. The van der Waals surface area contributed by atoms with Gasteiger partial charge in [0.1, 0.15) is 0 Å². The van der Waals surface area contributed by atoms with Gasteiger partial charge in [0, 0.05) is 11.3 Å². The zero-order chi connectivity index (χ0) is 14.0. The zero-order valence-electron chi connectivity index (χ0n) is 10.3. The summed E-state index contributed by atoms with van der Waals surface area (Å²) in [5.41, 5.74) is 0.959. The van der Waals surface area contributed by atoms with Crippen molar-refractivity contribution in [1.29, 1.82) is 0 Å². The SMILES string of the molecule is CCc1c(CO)cnn1-c1cccc(C(F)(F)F)c1. The van der Waals surface area contributed by atoms with Crippen molar-refractivity contribution in [2.24, 2.45) is 0 Å². The van der Waals surface area contributed by atoms with E-state index in [1.165, 1.54) is 16.9 Å². The summed E-state index contributed by atoms with van der Waals surface area (Å²) in [6.07, 6.45) is -2.33. The molecule has 1 aromatic heterocycles. The van der Waals surface area contributed by atoms with Gasteiger partial charge in [0.05, 0.1) is 24.1 Å². The maximum absolute atomic E-state index is 12.7. The van der Waals surface area contributed by atoms with E-state index in [1.54, 1.807) is 6.07 Å². The Labute approximate surface area is 108 Å². The maximum Gasteiger partial charge on any atom is 0.416 e. The van der Waals surface area contributed by atoms with E-state index < -0.39 is 11.7 Å². The standard InChI is InChI=1S/C13H13F3N2O/c1-2-12-9(8-19)7-17-18(12)11-5-3-4-10(6-11)13(14,15)16/h3-7,19H,2,8H2,1H3. The number of aliphatic hydroxyl groups excluding tert-OH is 1. The quantitative estimate of drug-likeness (QED) is 0.931. The minimum Gasteiger partial charge on any atom is -0.392 e. The van der Waals surface area contributed by atoms with Crippen molar-refractivity contribution in [3.05, 3.63) is 47.3 Å². The van der Waals surface area contributed by atoms with E-state index in [1.807, 2.05) is 6.92 Å². The van der Waals surface area contributed by atoms with Gasteiger partial charge in [-0.15, -0.1) is 0 Å². The van der Waals surface area contributed by atoms with Crippen LogP contribution < -0.4 is 0 Å². The largest absolute Gasteiger partial charge is 0.416 e. The van der Waals surface area contributed by atoms with Gasteiger partial charge in [-0.1, -0.05) is 13.0 Å². The number of hydrogen-bond acceptors (Lipinski definition) is 2. The Balaban J connectivity index is 2.51. The van der Waals surface area contributed by atoms with Crippen molar-refractivity contribution in [2.75, 3.05) is 0 Å². The fraction of sp³-hybridized carbons (Fsp3) is 0.308. The topological polar surface area (TPSA) is 38.1 Å². The summed E-state index contributed by atoms with van der Waals surface area (Å²) in [5.74, 6) is 0. The van der Waals surface area contributed by atoms with Gasteiger partial charge in [-0.05, 0) is 24.6 Å². The molecule has 3 nitrogen and oxygen atoms in total. The molecule has 1 aromatic carbocycles. The van der Waals surface area contributed by atoms with Crippen molar-refractivity contribution in [3.8, 4) is 5.69 Å². The summed E-state index contributed by atoms with van der Waals surface area (Å²) in [6, 6.07) is 4.97. The first-order valence-corrected chi connectivity index (χ1v) is 5.81. The molecule has 0 fully saturated rings. The van der Waals surface area contributed by atoms with E-state index in [9.17, 15) is 13.2 Å². The molecular weight excluding hydrogens is 257 g/mol. The van der Waals surface area contributed by atoms with Gasteiger partial charge in [0.2, 0.25) is 0 Å². The molecule has 0 aliphatic rings. The lowest BCUT2D eigenvalue weighted by Crippen LogP contribution is -2.08. The van der Waals surface area contributed by atoms with E-state index in [0.717, 1.165) is 12.1 Å². The van der Waals surface area contributed by atoms with Crippen LogP contribution in [0.1, 0.15) is 23.7 Å². The van der Waals surface area contributed by atoms with Gasteiger partial charge >= 0.3 is 6.18 Å². The molecule has 1 N–H and O–H groups in total. The van der Waals surface area contributed by atoms with Crippen LogP contribution >= 0.6 is 0 Å². The summed E-state index contributed by atoms with van der Waals surface area (Å²) in [7, 11) is 0. The van der Waals surface area contributed by atoms with Gasteiger partial charge < -0.3 is 5.11 Å². The van der Waals surface area contributed by atoms with Gasteiger partial charge in [0.15, 0.2) is 0 Å². The van der Waals surface area contributed by atoms with Crippen LogP contribution in [0.4, 0.5) is 13.2 Å². The normalized spacial score (nSPS) is 11.8. The van der Waals surface area contributed by atoms with Crippen molar-refractivity contribution in [2.45, 2.75) is 26.1 Å². The lowest BCUT2D eigenvalue weighted by molar-refractivity contribution is -0.137. The highest BCUT2D eigenvalue weighted by molar-refractivity contribution is 5.39. The molecule has 1 heterocycles. The lowest BCUT2D eigenvalue weighted by Gasteiger charge is -2.11. The van der Waals surface area contributed by atoms with Crippen LogP contribution in [0.5, 0.6) is 0 Å². The summed E-state index contributed by atoms with van der Waals surface area (Å²) in [5, 5.41) is 13.2. The fourth-order valence-electron chi connectivity index (χ4n) is 1.95. The highest BCUT2D eigenvalue weighted by Crippen LogP contribution is 2.30. The molecule has 0 unspecified atom stereocenters. The molecule has 0 spiro atoms. The van der Waals surface area contributed by atoms with E-state index in [2.05, 4.69) is 5.10 Å². The minimum atomic E-state index is -4.38. The first kappa shape index (κ1) is 13.6. The molecule has 0 atom stereocenters. The number of benzene rings is 1. The number of alkyl halides is 3. The number of hydrogen-bond donors (Lipinski definition) is 1. The predicted octanol–water partition coefficient (Wildman–Crippen LogP) is 2.95. The fourth-order valence-corrected chi connectivity index (χ4v) is 1.95. The maximum atomic E-state index is 12.7. The van der Waals surface area contributed by atoms with E-state index in [0.29, 0.717) is 23.4 Å².